The molecule has 0 N–H and O–H groups in total. The van der Waals surface area contributed by atoms with Crippen molar-refractivity contribution in [3.63, 3.8) is 0 Å². The highest BCUT2D eigenvalue weighted by atomic mass is 35.5. The third kappa shape index (κ3) is 4.11. The van der Waals surface area contributed by atoms with Crippen LogP contribution in [0.5, 0.6) is 0 Å². The summed E-state index contributed by atoms with van der Waals surface area (Å²) in [4.78, 5) is 0. The minimum atomic E-state index is 0.0831. The van der Waals surface area contributed by atoms with Crippen LogP contribution in [-0.4, -0.2) is 17.3 Å². The van der Waals surface area contributed by atoms with E-state index in [1.54, 1.807) is 0 Å². The number of hydrogen-bond donors (Lipinski definition) is 0. The fourth-order valence-electron chi connectivity index (χ4n) is 6.03. The molecule has 152 valence electrons. The standard InChI is InChI=1S/C26H37ClN/c1-26(18-8-7-13-20-9-3-4-10-20)23-19-22(27)15-16-24(23)28(2)25(26)17-14-21-11-5-6-12-21/h14-17,19-21H,3-13,18H2,1-2H3/q+1. The molecular weight excluding hydrogens is 362 g/mol. The molecule has 2 heteroatoms. The van der Waals surface area contributed by atoms with Gasteiger partial charge in [0.05, 0.1) is 5.41 Å². The Balaban J connectivity index is 1.52. The van der Waals surface area contributed by atoms with E-state index in [4.69, 9.17) is 11.6 Å². The topological polar surface area (TPSA) is 3.01 Å². The van der Waals surface area contributed by atoms with Crippen LogP contribution in [0, 0.1) is 11.8 Å². The summed E-state index contributed by atoms with van der Waals surface area (Å²) in [5.74, 6) is 1.78. The lowest BCUT2D eigenvalue weighted by molar-refractivity contribution is -0.401. The van der Waals surface area contributed by atoms with Crippen molar-refractivity contribution in [3.05, 3.63) is 40.9 Å². The van der Waals surface area contributed by atoms with Crippen molar-refractivity contribution >= 4 is 23.0 Å². The lowest BCUT2D eigenvalue weighted by Crippen LogP contribution is -2.30. The molecule has 0 bridgehead atoms. The monoisotopic (exact) mass is 398 g/mol. The Kier molecular flexibility index (Phi) is 6.30. The minimum Gasteiger partial charge on any atom is -0.198 e. The van der Waals surface area contributed by atoms with Crippen LogP contribution in [0.3, 0.4) is 0 Å². The van der Waals surface area contributed by atoms with Crippen molar-refractivity contribution in [1.82, 2.24) is 0 Å². The molecule has 0 spiro atoms. The molecule has 0 aromatic heterocycles. The van der Waals surface area contributed by atoms with Gasteiger partial charge in [0.25, 0.3) is 0 Å². The number of fused-ring (bicyclic) bond motifs is 1. The molecule has 1 heterocycles. The van der Waals surface area contributed by atoms with Gasteiger partial charge in [0.15, 0.2) is 5.71 Å². The summed E-state index contributed by atoms with van der Waals surface area (Å²) < 4.78 is 2.42. The van der Waals surface area contributed by atoms with Gasteiger partial charge in [0.2, 0.25) is 5.69 Å². The van der Waals surface area contributed by atoms with E-state index in [0.29, 0.717) is 0 Å². The van der Waals surface area contributed by atoms with E-state index in [1.807, 2.05) is 6.07 Å². The van der Waals surface area contributed by atoms with E-state index < -0.39 is 0 Å². The Morgan fingerprint density at radius 3 is 2.54 bits per heavy atom. The Hall–Kier alpha value is -1.08. The van der Waals surface area contributed by atoms with Gasteiger partial charge in [-0.1, -0.05) is 75.5 Å². The Morgan fingerprint density at radius 2 is 1.79 bits per heavy atom. The molecule has 1 unspecified atom stereocenters. The van der Waals surface area contributed by atoms with E-state index in [1.165, 1.54) is 94.0 Å². The first-order valence-corrected chi connectivity index (χ1v) is 12.0. The van der Waals surface area contributed by atoms with Crippen LogP contribution in [0.15, 0.2) is 30.4 Å². The number of nitrogens with zero attached hydrogens (tertiary/aromatic N) is 1. The molecule has 0 radical (unpaired) electrons. The fourth-order valence-corrected chi connectivity index (χ4v) is 6.20. The molecule has 4 rings (SSSR count). The number of rotatable bonds is 7. The first-order chi connectivity index (χ1) is 13.6. The molecule has 2 aliphatic carbocycles. The molecule has 0 amide bonds. The lowest BCUT2D eigenvalue weighted by Gasteiger charge is -2.23. The van der Waals surface area contributed by atoms with Crippen LogP contribution in [-0.2, 0) is 5.41 Å². The van der Waals surface area contributed by atoms with E-state index in [2.05, 4.69) is 42.8 Å². The van der Waals surface area contributed by atoms with E-state index in [-0.39, 0.29) is 5.41 Å². The fraction of sp³-hybridized carbons (Fsp3) is 0.654. The molecule has 2 saturated carbocycles. The molecule has 1 aliphatic heterocycles. The van der Waals surface area contributed by atoms with Crippen LogP contribution >= 0.6 is 11.6 Å². The van der Waals surface area contributed by atoms with Gasteiger partial charge in [-0.25, -0.2) is 0 Å². The molecule has 0 saturated heterocycles. The highest BCUT2D eigenvalue weighted by Crippen LogP contribution is 2.44. The molecule has 1 aromatic rings. The van der Waals surface area contributed by atoms with Gasteiger partial charge in [-0.05, 0) is 50.2 Å². The Bertz CT molecular complexity index is 750. The Labute approximate surface area is 176 Å². The first-order valence-electron chi connectivity index (χ1n) is 11.7. The number of hydrogen-bond acceptors (Lipinski definition) is 0. The Morgan fingerprint density at radius 1 is 1.07 bits per heavy atom. The summed E-state index contributed by atoms with van der Waals surface area (Å²) in [7, 11) is 2.24. The van der Waals surface area contributed by atoms with E-state index in [9.17, 15) is 0 Å². The zero-order valence-electron chi connectivity index (χ0n) is 17.9. The van der Waals surface area contributed by atoms with Crippen molar-refractivity contribution in [2.45, 2.75) is 89.4 Å². The second-order valence-corrected chi connectivity index (χ2v) is 10.2. The number of halogens is 1. The normalized spacial score (nSPS) is 26.1. The SMILES string of the molecule is C[N+]1=C(C=CC2CCCC2)C(C)(CCCCC2CCCC2)c2cc(Cl)ccc21. The second kappa shape index (κ2) is 8.74. The molecule has 28 heavy (non-hydrogen) atoms. The summed E-state index contributed by atoms with van der Waals surface area (Å²) in [5, 5.41) is 0.866. The molecule has 1 aromatic carbocycles. The largest absolute Gasteiger partial charge is 0.209 e. The predicted molar refractivity (Wildman–Crippen MR) is 121 cm³/mol. The van der Waals surface area contributed by atoms with E-state index in [0.717, 1.165) is 16.9 Å². The van der Waals surface area contributed by atoms with Gasteiger partial charge in [-0.3, -0.25) is 0 Å². The summed E-state index contributed by atoms with van der Waals surface area (Å²) in [5.41, 5.74) is 4.32. The summed E-state index contributed by atoms with van der Waals surface area (Å²) >= 11 is 6.43. The predicted octanol–water partition coefficient (Wildman–Crippen LogP) is 7.82. The first kappa shape index (κ1) is 20.2. The van der Waals surface area contributed by atoms with Crippen molar-refractivity contribution < 1.29 is 4.58 Å². The van der Waals surface area contributed by atoms with E-state index >= 15 is 0 Å². The quantitative estimate of drug-likeness (QED) is 0.325. The summed E-state index contributed by atoms with van der Waals surface area (Å²) in [6.07, 6.45) is 21.7. The van der Waals surface area contributed by atoms with Crippen LogP contribution in [0.25, 0.3) is 0 Å². The minimum absolute atomic E-state index is 0.0831. The summed E-state index contributed by atoms with van der Waals surface area (Å²) in [6, 6.07) is 6.48. The van der Waals surface area contributed by atoms with Crippen LogP contribution in [0.4, 0.5) is 5.69 Å². The zero-order valence-corrected chi connectivity index (χ0v) is 18.6. The second-order valence-electron chi connectivity index (χ2n) is 9.74. The highest BCUT2D eigenvalue weighted by Gasteiger charge is 2.46. The molecule has 1 nitrogen and oxygen atoms in total. The third-order valence-electron chi connectivity index (χ3n) is 7.78. The highest BCUT2D eigenvalue weighted by molar-refractivity contribution is 6.30. The van der Waals surface area contributed by atoms with Crippen LogP contribution < -0.4 is 0 Å². The average molecular weight is 399 g/mol. The van der Waals surface area contributed by atoms with Crippen molar-refractivity contribution in [1.29, 1.82) is 0 Å². The van der Waals surface area contributed by atoms with Crippen LogP contribution in [0.2, 0.25) is 5.02 Å². The number of unbranched alkanes of at least 4 members (excludes halogenated alkanes) is 1. The van der Waals surface area contributed by atoms with Crippen LogP contribution in [0.1, 0.15) is 89.5 Å². The van der Waals surface area contributed by atoms with Crippen molar-refractivity contribution in [2.24, 2.45) is 11.8 Å². The molecular formula is C26H37ClN+. The third-order valence-corrected chi connectivity index (χ3v) is 8.02. The van der Waals surface area contributed by atoms with Gasteiger partial charge in [-0.2, -0.15) is 4.58 Å². The zero-order chi connectivity index (χ0) is 19.6. The number of allylic oxidation sites excluding steroid dienone is 2. The van der Waals surface area contributed by atoms with Gasteiger partial charge >= 0.3 is 0 Å². The number of benzene rings is 1. The van der Waals surface area contributed by atoms with Crippen molar-refractivity contribution in [2.75, 3.05) is 7.05 Å². The molecule has 1 atom stereocenters. The van der Waals surface area contributed by atoms with Crippen molar-refractivity contribution in [3.8, 4) is 0 Å². The lowest BCUT2D eigenvalue weighted by atomic mass is 9.75. The maximum Gasteiger partial charge on any atom is 0.209 e. The van der Waals surface area contributed by atoms with Gasteiger partial charge < -0.3 is 0 Å². The summed E-state index contributed by atoms with van der Waals surface area (Å²) in [6.45, 7) is 2.45. The van der Waals surface area contributed by atoms with Gasteiger partial charge in [-0.15, -0.1) is 0 Å². The maximum atomic E-state index is 6.43. The van der Waals surface area contributed by atoms with Gasteiger partial charge in [0, 0.05) is 22.7 Å². The maximum absolute atomic E-state index is 6.43. The smallest absolute Gasteiger partial charge is 0.198 e. The average Bonchev–Trinajstić information content (AvgIpc) is 3.41. The molecule has 3 aliphatic rings. The van der Waals surface area contributed by atoms with Gasteiger partial charge in [0.1, 0.15) is 7.05 Å². The molecule has 2 fully saturated rings.